The minimum atomic E-state index is 0.753. The molecule has 1 N–H and O–H groups in total. The van der Waals surface area contributed by atoms with Crippen molar-refractivity contribution in [2.24, 2.45) is 0 Å². The SMILES string of the molecule is C=C(Cl)C[N+]1(C)CN2CNCN(C2)C1. The molecular weight excluding hydrogens is 200 g/mol. The maximum atomic E-state index is 5.89. The molecule has 0 aromatic carbocycles. The summed E-state index contributed by atoms with van der Waals surface area (Å²) in [5, 5.41) is 4.12. The molecule has 0 radical (unpaired) electrons. The van der Waals surface area contributed by atoms with Crippen LogP contribution in [0.5, 0.6) is 0 Å². The molecule has 2 rings (SSSR count). The van der Waals surface area contributed by atoms with E-state index in [-0.39, 0.29) is 0 Å². The smallest absolute Gasteiger partial charge is 0.138 e. The maximum Gasteiger partial charge on any atom is 0.138 e. The molecule has 14 heavy (non-hydrogen) atoms. The Labute approximate surface area is 90.3 Å². The van der Waals surface area contributed by atoms with Crippen LogP contribution in [0.1, 0.15) is 0 Å². The van der Waals surface area contributed by atoms with E-state index in [1.807, 2.05) is 0 Å². The zero-order valence-corrected chi connectivity index (χ0v) is 9.43. The van der Waals surface area contributed by atoms with Crippen LogP contribution in [0.25, 0.3) is 0 Å². The van der Waals surface area contributed by atoms with Crippen molar-refractivity contribution in [1.82, 2.24) is 15.1 Å². The fourth-order valence-electron chi connectivity index (χ4n) is 2.46. The molecule has 0 aliphatic carbocycles. The predicted molar refractivity (Wildman–Crippen MR) is 57.2 cm³/mol. The van der Waals surface area contributed by atoms with Crippen LogP contribution in [0, 0.1) is 0 Å². The van der Waals surface area contributed by atoms with Gasteiger partial charge < -0.3 is 0 Å². The van der Waals surface area contributed by atoms with Gasteiger partial charge in [0.2, 0.25) is 0 Å². The highest BCUT2D eigenvalue weighted by Crippen LogP contribution is 2.18. The summed E-state index contributed by atoms with van der Waals surface area (Å²) in [4.78, 5) is 4.79. The first-order valence-electron chi connectivity index (χ1n) is 4.90. The van der Waals surface area contributed by atoms with Crippen molar-refractivity contribution in [2.45, 2.75) is 0 Å². The van der Waals surface area contributed by atoms with Gasteiger partial charge in [0.25, 0.3) is 0 Å². The van der Waals surface area contributed by atoms with Crippen molar-refractivity contribution in [3.8, 4) is 0 Å². The Kier molecular flexibility index (Phi) is 2.81. The third kappa shape index (κ3) is 2.27. The van der Waals surface area contributed by atoms with Crippen molar-refractivity contribution in [1.29, 1.82) is 0 Å². The van der Waals surface area contributed by atoms with Gasteiger partial charge in [0.05, 0.1) is 32.1 Å². The summed E-state index contributed by atoms with van der Waals surface area (Å²) in [6, 6.07) is 0. The van der Waals surface area contributed by atoms with Crippen LogP contribution in [-0.4, -0.2) is 61.2 Å². The highest BCUT2D eigenvalue weighted by atomic mass is 35.5. The summed E-state index contributed by atoms with van der Waals surface area (Å²) in [5.74, 6) is 0. The van der Waals surface area contributed by atoms with E-state index in [9.17, 15) is 0 Å². The van der Waals surface area contributed by atoms with Crippen molar-refractivity contribution >= 4 is 11.6 Å². The van der Waals surface area contributed by atoms with E-state index in [1.165, 1.54) is 0 Å². The van der Waals surface area contributed by atoms with Crippen LogP contribution in [0.15, 0.2) is 11.6 Å². The lowest BCUT2D eigenvalue weighted by atomic mass is 10.3. The summed E-state index contributed by atoms with van der Waals surface area (Å²) < 4.78 is 0.948. The Morgan fingerprint density at radius 2 is 2.00 bits per heavy atom. The van der Waals surface area contributed by atoms with E-state index >= 15 is 0 Å². The van der Waals surface area contributed by atoms with Gasteiger partial charge in [-0.25, -0.2) is 9.80 Å². The van der Waals surface area contributed by atoms with Gasteiger partial charge in [0, 0.05) is 0 Å². The van der Waals surface area contributed by atoms with Gasteiger partial charge in [-0.1, -0.05) is 18.2 Å². The zero-order chi connectivity index (χ0) is 10.2. The van der Waals surface area contributed by atoms with Crippen LogP contribution in [0.4, 0.5) is 0 Å². The molecule has 80 valence electrons. The number of hydrogen-bond acceptors (Lipinski definition) is 3. The van der Waals surface area contributed by atoms with E-state index in [2.05, 4.69) is 28.7 Å². The maximum absolute atomic E-state index is 5.89. The molecule has 4 nitrogen and oxygen atoms in total. The fourth-order valence-corrected chi connectivity index (χ4v) is 2.75. The third-order valence-corrected chi connectivity index (χ3v) is 2.83. The number of nitrogens with zero attached hydrogens (tertiary/aromatic N) is 3. The predicted octanol–water partition coefficient (Wildman–Crippen LogP) is 0.194. The first-order valence-corrected chi connectivity index (χ1v) is 5.27. The minimum absolute atomic E-state index is 0.753. The molecule has 2 bridgehead atoms. The molecule has 0 saturated carbocycles. The number of likely N-dealkylation sites (N-methyl/N-ethyl adjacent to an activating group) is 1. The van der Waals surface area contributed by atoms with Gasteiger partial charge >= 0.3 is 0 Å². The number of quaternary nitrogens is 1. The van der Waals surface area contributed by atoms with Gasteiger partial charge in [-0.2, -0.15) is 0 Å². The lowest BCUT2D eigenvalue weighted by Crippen LogP contribution is -2.69. The number of hydrogen-bond donors (Lipinski definition) is 1. The lowest BCUT2D eigenvalue weighted by molar-refractivity contribution is -0.933. The van der Waals surface area contributed by atoms with Crippen LogP contribution >= 0.6 is 11.6 Å². The summed E-state index contributed by atoms with van der Waals surface area (Å²) in [6.07, 6.45) is 0. The highest BCUT2D eigenvalue weighted by Gasteiger charge is 2.36. The monoisotopic (exact) mass is 217 g/mol. The molecular formula is C9H18ClN4+. The lowest BCUT2D eigenvalue weighted by Gasteiger charge is -2.50. The zero-order valence-electron chi connectivity index (χ0n) is 8.67. The quantitative estimate of drug-likeness (QED) is 0.667. The standard InChI is InChI=1S/C9H18ClN4/c1-9(10)3-14(2)7-12-4-11-5-13(6-12)8-14/h11H,1,3-8H2,2H3/q+1. The molecule has 2 aliphatic rings. The van der Waals surface area contributed by atoms with E-state index in [1.54, 1.807) is 0 Å². The van der Waals surface area contributed by atoms with Gasteiger partial charge in [-0.05, 0) is 0 Å². The summed E-state index contributed by atoms with van der Waals surface area (Å²) in [5.41, 5.74) is 0. The molecule has 0 amide bonds. The third-order valence-electron chi connectivity index (χ3n) is 2.71. The van der Waals surface area contributed by atoms with E-state index in [4.69, 9.17) is 11.6 Å². The van der Waals surface area contributed by atoms with Crippen LogP contribution in [-0.2, 0) is 0 Å². The highest BCUT2D eigenvalue weighted by molar-refractivity contribution is 6.29. The number of nitrogens with one attached hydrogen (secondary N) is 1. The molecule has 2 fully saturated rings. The Balaban J connectivity index is 2.03. The molecule has 0 aromatic heterocycles. The largest absolute Gasteiger partial charge is 0.296 e. The van der Waals surface area contributed by atoms with Crippen LogP contribution < -0.4 is 5.32 Å². The number of rotatable bonds is 2. The topological polar surface area (TPSA) is 18.5 Å². The first-order chi connectivity index (χ1) is 6.57. The molecule has 2 atom stereocenters. The summed E-state index contributed by atoms with van der Waals surface area (Å²) in [7, 11) is 2.23. The fraction of sp³-hybridized carbons (Fsp3) is 0.778. The van der Waals surface area contributed by atoms with Crippen molar-refractivity contribution < 1.29 is 4.48 Å². The second kappa shape index (κ2) is 3.79. The normalized spacial score (nSPS) is 42.1. The van der Waals surface area contributed by atoms with E-state index < -0.39 is 0 Å². The van der Waals surface area contributed by atoms with Gasteiger partial charge in [0.1, 0.15) is 19.9 Å². The summed E-state index contributed by atoms with van der Waals surface area (Å²) in [6.45, 7) is 9.79. The Bertz CT molecular complexity index is 231. The average molecular weight is 218 g/mol. The molecule has 2 aliphatic heterocycles. The molecule has 2 heterocycles. The first kappa shape index (κ1) is 10.4. The van der Waals surface area contributed by atoms with E-state index in [0.717, 1.165) is 49.4 Å². The second-order valence-corrected chi connectivity index (χ2v) is 5.16. The van der Waals surface area contributed by atoms with Crippen molar-refractivity contribution in [3.05, 3.63) is 11.6 Å². The van der Waals surface area contributed by atoms with Crippen LogP contribution in [0.2, 0.25) is 0 Å². The van der Waals surface area contributed by atoms with Crippen molar-refractivity contribution in [3.63, 3.8) is 0 Å². The second-order valence-electron chi connectivity index (χ2n) is 4.63. The Morgan fingerprint density at radius 1 is 1.43 bits per heavy atom. The minimum Gasteiger partial charge on any atom is -0.296 e. The Morgan fingerprint density at radius 3 is 2.50 bits per heavy atom. The van der Waals surface area contributed by atoms with Crippen molar-refractivity contribution in [2.75, 3.05) is 46.9 Å². The Hall–Kier alpha value is -0.130. The van der Waals surface area contributed by atoms with Gasteiger partial charge in [-0.3, -0.25) is 9.80 Å². The van der Waals surface area contributed by atoms with Gasteiger partial charge in [-0.15, -0.1) is 0 Å². The summed E-state index contributed by atoms with van der Waals surface area (Å²) >= 11 is 5.89. The average Bonchev–Trinajstić information content (AvgIpc) is 1.99. The molecule has 5 heteroatoms. The molecule has 2 unspecified atom stereocenters. The van der Waals surface area contributed by atoms with Crippen LogP contribution in [0.3, 0.4) is 0 Å². The molecule has 0 spiro atoms. The number of halogens is 1. The van der Waals surface area contributed by atoms with E-state index in [0.29, 0.717) is 0 Å². The molecule has 2 saturated heterocycles. The van der Waals surface area contributed by atoms with Gasteiger partial charge in [0.15, 0.2) is 0 Å². The number of fused-ring (bicyclic) bond motifs is 2. The molecule has 0 aromatic rings.